The molecule has 6 heteroatoms. The molecular weight excluding hydrogens is 584 g/mol. The van der Waals surface area contributed by atoms with Crippen LogP contribution in [0.3, 0.4) is 0 Å². The standard InChI is InChI=1S/C41H38N2O4/c1-28-23-39(20-11-34(28)27-46)42(35-12-3-30(25-44)4-13-35)37-16-7-32(8-17-37)33-9-18-38(19-10-33)43(36-14-5-31(26-45)6-15-36)40-21-22-41(47)29(2)24-40/h3-24,44-47H,25-27H2,1-2H3. The molecule has 0 fully saturated rings. The van der Waals surface area contributed by atoms with E-state index in [0.29, 0.717) is 0 Å². The van der Waals surface area contributed by atoms with E-state index >= 15 is 0 Å². The van der Waals surface area contributed by atoms with E-state index in [-0.39, 0.29) is 25.6 Å². The van der Waals surface area contributed by atoms with Crippen LogP contribution in [0.2, 0.25) is 0 Å². The molecule has 0 amide bonds. The Morgan fingerprint density at radius 1 is 0.404 bits per heavy atom. The lowest BCUT2D eigenvalue weighted by Crippen LogP contribution is -2.10. The minimum Gasteiger partial charge on any atom is -0.508 e. The third-order valence-electron chi connectivity index (χ3n) is 8.53. The van der Waals surface area contributed by atoms with Crippen LogP contribution in [0.5, 0.6) is 5.75 Å². The van der Waals surface area contributed by atoms with E-state index in [0.717, 1.165) is 73.1 Å². The number of phenols is 1. The van der Waals surface area contributed by atoms with Crippen molar-refractivity contribution in [2.24, 2.45) is 0 Å². The number of hydrogen-bond acceptors (Lipinski definition) is 6. The fourth-order valence-corrected chi connectivity index (χ4v) is 5.78. The van der Waals surface area contributed by atoms with Crippen molar-refractivity contribution < 1.29 is 20.4 Å². The van der Waals surface area contributed by atoms with Crippen LogP contribution >= 0.6 is 0 Å². The van der Waals surface area contributed by atoms with Crippen molar-refractivity contribution in [3.05, 3.63) is 161 Å². The molecule has 0 aliphatic heterocycles. The summed E-state index contributed by atoms with van der Waals surface area (Å²) in [7, 11) is 0. The molecular formula is C41H38N2O4. The summed E-state index contributed by atoms with van der Waals surface area (Å²) in [4.78, 5) is 4.30. The van der Waals surface area contributed by atoms with Gasteiger partial charge in [-0.05, 0) is 132 Å². The lowest BCUT2D eigenvalue weighted by atomic mass is 10.0. The second kappa shape index (κ2) is 13.9. The SMILES string of the molecule is Cc1cc(N(c2ccc(CO)cc2)c2ccc(-c3ccc(N(c4ccc(CO)cc4)c4ccc(CO)c(C)c4)cc3)cc2)ccc1O. The summed E-state index contributed by atoms with van der Waals surface area (Å²) in [5, 5.41) is 39.0. The molecule has 236 valence electrons. The van der Waals surface area contributed by atoms with Gasteiger partial charge in [-0.3, -0.25) is 0 Å². The van der Waals surface area contributed by atoms with Gasteiger partial charge in [-0.2, -0.15) is 0 Å². The second-order valence-electron chi connectivity index (χ2n) is 11.7. The fraction of sp³-hybridized carbons (Fsp3) is 0.122. The Balaban J connectivity index is 1.33. The van der Waals surface area contributed by atoms with E-state index in [1.807, 2.05) is 86.6 Å². The molecule has 4 N–H and O–H groups in total. The number of aliphatic hydroxyl groups excluding tert-OH is 3. The van der Waals surface area contributed by atoms with Gasteiger partial charge in [0.25, 0.3) is 0 Å². The molecule has 6 nitrogen and oxygen atoms in total. The average Bonchev–Trinajstić information content (AvgIpc) is 3.11. The molecule has 0 aromatic heterocycles. The van der Waals surface area contributed by atoms with Crippen molar-refractivity contribution in [3.63, 3.8) is 0 Å². The van der Waals surface area contributed by atoms with Gasteiger partial charge in [0, 0.05) is 34.1 Å². The molecule has 0 heterocycles. The number of rotatable bonds is 10. The molecule has 0 bridgehead atoms. The Kier molecular flexibility index (Phi) is 9.36. The number of benzene rings is 6. The third kappa shape index (κ3) is 6.76. The zero-order valence-electron chi connectivity index (χ0n) is 26.5. The number of phenolic OH excluding ortho intramolecular Hbond substituents is 1. The number of hydrogen-bond donors (Lipinski definition) is 4. The lowest BCUT2D eigenvalue weighted by Gasteiger charge is -2.27. The predicted octanol–water partition coefficient (Wildman–Crippen LogP) is 9.09. The van der Waals surface area contributed by atoms with E-state index in [2.05, 4.69) is 64.4 Å². The van der Waals surface area contributed by atoms with E-state index in [1.54, 1.807) is 6.07 Å². The van der Waals surface area contributed by atoms with Gasteiger partial charge in [0.05, 0.1) is 19.8 Å². The van der Waals surface area contributed by atoms with E-state index in [4.69, 9.17) is 0 Å². The molecule has 0 atom stereocenters. The number of aryl methyl sites for hydroxylation is 2. The highest BCUT2D eigenvalue weighted by Gasteiger charge is 2.16. The van der Waals surface area contributed by atoms with Crippen LogP contribution in [-0.2, 0) is 19.8 Å². The molecule has 0 radical (unpaired) electrons. The summed E-state index contributed by atoms with van der Waals surface area (Å²) >= 11 is 0. The van der Waals surface area contributed by atoms with Crippen molar-refractivity contribution in [3.8, 4) is 16.9 Å². The van der Waals surface area contributed by atoms with Gasteiger partial charge in [0.2, 0.25) is 0 Å². The summed E-state index contributed by atoms with van der Waals surface area (Å²) < 4.78 is 0. The number of anilines is 6. The van der Waals surface area contributed by atoms with Gasteiger partial charge in [-0.1, -0.05) is 54.6 Å². The van der Waals surface area contributed by atoms with Crippen molar-refractivity contribution >= 4 is 34.1 Å². The molecule has 0 unspecified atom stereocenters. The van der Waals surface area contributed by atoms with Crippen LogP contribution in [0.15, 0.2) is 133 Å². The van der Waals surface area contributed by atoms with Crippen molar-refractivity contribution in [1.29, 1.82) is 0 Å². The zero-order valence-corrected chi connectivity index (χ0v) is 26.5. The van der Waals surface area contributed by atoms with Crippen LogP contribution in [0.4, 0.5) is 34.1 Å². The van der Waals surface area contributed by atoms with Gasteiger partial charge < -0.3 is 30.2 Å². The van der Waals surface area contributed by atoms with E-state index in [1.165, 1.54) is 0 Å². The molecule has 0 saturated carbocycles. The van der Waals surface area contributed by atoms with Crippen LogP contribution in [0.1, 0.15) is 27.8 Å². The highest BCUT2D eigenvalue weighted by Crippen LogP contribution is 2.39. The maximum absolute atomic E-state index is 10.2. The highest BCUT2D eigenvalue weighted by atomic mass is 16.3. The van der Waals surface area contributed by atoms with Gasteiger partial charge in [-0.15, -0.1) is 0 Å². The normalized spacial score (nSPS) is 11.0. The van der Waals surface area contributed by atoms with Crippen LogP contribution in [0, 0.1) is 13.8 Å². The van der Waals surface area contributed by atoms with Crippen molar-refractivity contribution in [2.75, 3.05) is 9.80 Å². The van der Waals surface area contributed by atoms with Crippen molar-refractivity contribution in [2.45, 2.75) is 33.7 Å². The average molecular weight is 623 g/mol. The monoisotopic (exact) mass is 622 g/mol. The number of aliphatic hydroxyl groups is 3. The summed E-state index contributed by atoms with van der Waals surface area (Å²) in [5.41, 5.74) is 12.3. The molecule has 6 aromatic rings. The summed E-state index contributed by atoms with van der Waals surface area (Å²) in [6, 6.07) is 44.1. The first-order valence-electron chi connectivity index (χ1n) is 15.6. The molecule has 0 aliphatic rings. The van der Waals surface area contributed by atoms with E-state index < -0.39 is 0 Å². The molecule has 47 heavy (non-hydrogen) atoms. The molecule has 0 spiro atoms. The van der Waals surface area contributed by atoms with Crippen molar-refractivity contribution in [1.82, 2.24) is 0 Å². The first-order valence-corrected chi connectivity index (χ1v) is 15.6. The molecule has 6 aromatic carbocycles. The molecule has 6 rings (SSSR count). The van der Waals surface area contributed by atoms with Gasteiger partial charge in [0.1, 0.15) is 5.75 Å². The first-order chi connectivity index (χ1) is 22.9. The third-order valence-corrected chi connectivity index (χ3v) is 8.53. The minimum absolute atomic E-state index is 0.00681. The Morgan fingerprint density at radius 2 is 0.766 bits per heavy atom. The predicted molar refractivity (Wildman–Crippen MR) is 190 cm³/mol. The first kappa shape index (κ1) is 31.6. The molecule has 0 aliphatic carbocycles. The minimum atomic E-state index is -0.0184. The lowest BCUT2D eigenvalue weighted by molar-refractivity contribution is 0.281. The van der Waals surface area contributed by atoms with Crippen LogP contribution in [0.25, 0.3) is 11.1 Å². The second-order valence-corrected chi connectivity index (χ2v) is 11.7. The molecule has 0 saturated heterocycles. The summed E-state index contributed by atoms with van der Waals surface area (Å²) in [5.74, 6) is 0.251. The van der Waals surface area contributed by atoms with Gasteiger partial charge in [0.15, 0.2) is 0 Å². The highest BCUT2D eigenvalue weighted by molar-refractivity contribution is 5.81. The topological polar surface area (TPSA) is 87.4 Å². The largest absolute Gasteiger partial charge is 0.508 e. The number of aromatic hydroxyl groups is 1. The quantitative estimate of drug-likeness (QED) is 0.122. The van der Waals surface area contributed by atoms with E-state index in [9.17, 15) is 20.4 Å². The Bertz CT molecular complexity index is 1950. The fourth-order valence-electron chi connectivity index (χ4n) is 5.78. The van der Waals surface area contributed by atoms with Gasteiger partial charge in [-0.25, -0.2) is 0 Å². The summed E-state index contributed by atoms with van der Waals surface area (Å²) in [6.45, 7) is 3.85. The Morgan fingerprint density at radius 3 is 1.13 bits per heavy atom. The van der Waals surface area contributed by atoms with Crippen LogP contribution < -0.4 is 9.80 Å². The maximum Gasteiger partial charge on any atom is 0.118 e. The summed E-state index contributed by atoms with van der Waals surface area (Å²) in [6.07, 6.45) is 0. The Labute approximate surface area is 275 Å². The smallest absolute Gasteiger partial charge is 0.118 e. The van der Waals surface area contributed by atoms with Crippen LogP contribution in [-0.4, -0.2) is 20.4 Å². The Hall–Kier alpha value is -5.40. The maximum atomic E-state index is 10.2. The zero-order chi connectivity index (χ0) is 32.9. The number of nitrogens with zero attached hydrogens (tertiary/aromatic N) is 2. The van der Waals surface area contributed by atoms with Gasteiger partial charge >= 0.3 is 0 Å².